The molecule has 2 aromatic carbocycles. The van der Waals surface area contributed by atoms with Crippen molar-refractivity contribution in [3.63, 3.8) is 0 Å². The summed E-state index contributed by atoms with van der Waals surface area (Å²) in [5.41, 5.74) is 2.07. The molecule has 0 aliphatic carbocycles. The van der Waals surface area contributed by atoms with Crippen LogP contribution < -0.4 is 10.1 Å². The van der Waals surface area contributed by atoms with E-state index in [0.717, 1.165) is 28.3 Å². The standard InChI is InChI=1S/C18H19BrFN3O/c1-21-8-3-9-24-13-5-7-14(16(20)11-13)18-15-6-4-12(19)10-17(15)23(2)22-18/h4-7,10-11,21H,3,8-9H2,1-2H3. The van der Waals surface area contributed by atoms with Gasteiger partial charge in [0.05, 0.1) is 12.1 Å². The van der Waals surface area contributed by atoms with Gasteiger partial charge in [-0.3, -0.25) is 4.68 Å². The van der Waals surface area contributed by atoms with Gasteiger partial charge in [0.2, 0.25) is 0 Å². The first-order chi connectivity index (χ1) is 11.6. The average Bonchev–Trinajstić information content (AvgIpc) is 2.88. The Kier molecular flexibility index (Phi) is 5.16. The number of nitrogens with one attached hydrogen (secondary N) is 1. The van der Waals surface area contributed by atoms with E-state index in [-0.39, 0.29) is 5.82 Å². The molecule has 6 heteroatoms. The highest BCUT2D eigenvalue weighted by Gasteiger charge is 2.15. The van der Waals surface area contributed by atoms with Gasteiger partial charge in [0.15, 0.2) is 0 Å². The van der Waals surface area contributed by atoms with Gasteiger partial charge in [-0.1, -0.05) is 15.9 Å². The quantitative estimate of drug-likeness (QED) is 0.642. The Labute approximate surface area is 148 Å². The number of aromatic nitrogens is 2. The Morgan fingerprint density at radius 1 is 1.25 bits per heavy atom. The average molecular weight is 392 g/mol. The van der Waals surface area contributed by atoms with E-state index in [1.54, 1.807) is 16.8 Å². The van der Waals surface area contributed by atoms with Crippen LogP contribution in [0.25, 0.3) is 22.2 Å². The molecule has 1 aromatic heterocycles. The molecular weight excluding hydrogens is 373 g/mol. The van der Waals surface area contributed by atoms with Crippen LogP contribution >= 0.6 is 15.9 Å². The highest BCUT2D eigenvalue weighted by molar-refractivity contribution is 9.10. The molecule has 0 bridgehead atoms. The normalized spacial score (nSPS) is 11.2. The van der Waals surface area contributed by atoms with Crippen LogP contribution in [-0.4, -0.2) is 30.0 Å². The van der Waals surface area contributed by atoms with Crippen LogP contribution in [0.4, 0.5) is 4.39 Å². The van der Waals surface area contributed by atoms with E-state index in [4.69, 9.17) is 4.74 Å². The van der Waals surface area contributed by atoms with Crippen molar-refractivity contribution in [3.05, 3.63) is 46.7 Å². The molecular formula is C18H19BrFN3O. The summed E-state index contributed by atoms with van der Waals surface area (Å²) < 4.78 is 22.9. The second-order valence-electron chi connectivity index (χ2n) is 5.58. The lowest BCUT2D eigenvalue weighted by Gasteiger charge is -2.08. The molecule has 126 valence electrons. The van der Waals surface area contributed by atoms with Crippen LogP contribution in [0.2, 0.25) is 0 Å². The molecule has 1 N–H and O–H groups in total. The molecule has 4 nitrogen and oxygen atoms in total. The third-order valence-electron chi connectivity index (χ3n) is 3.85. The Balaban J connectivity index is 1.90. The van der Waals surface area contributed by atoms with Crippen molar-refractivity contribution in [1.82, 2.24) is 15.1 Å². The number of hydrogen-bond acceptors (Lipinski definition) is 3. The molecule has 0 saturated heterocycles. The largest absolute Gasteiger partial charge is 0.493 e. The first-order valence-corrected chi connectivity index (χ1v) is 8.59. The predicted molar refractivity (Wildman–Crippen MR) is 97.8 cm³/mol. The molecule has 0 aliphatic heterocycles. The lowest BCUT2D eigenvalue weighted by molar-refractivity contribution is 0.308. The fraction of sp³-hybridized carbons (Fsp3) is 0.278. The van der Waals surface area contributed by atoms with Crippen LogP contribution in [0, 0.1) is 5.82 Å². The number of nitrogens with zero attached hydrogens (tertiary/aromatic N) is 2. The zero-order valence-corrected chi connectivity index (χ0v) is 15.2. The Bertz CT molecular complexity index is 863. The fourth-order valence-corrected chi connectivity index (χ4v) is 3.00. The van der Waals surface area contributed by atoms with Gasteiger partial charge in [-0.15, -0.1) is 0 Å². The van der Waals surface area contributed by atoms with E-state index in [1.165, 1.54) is 6.07 Å². The second-order valence-corrected chi connectivity index (χ2v) is 6.50. The lowest BCUT2D eigenvalue weighted by atomic mass is 10.1. The maximum absolute atomic E-state index is 14.6. The van der Waals surface area contributed by atoms with Crippen molar-refractivity contribution in [3.8, 4) is 17.0 Å². The molecule has 0 atom stereocenters. The van der Waals surface area contributed by atoms with E-state index in [2.05, 4.69) is 26.3 Å². The number of fused-ring (bicyclic) bond motifs is 1. The van der Waals surface area contributed by atoms with E-state index in [0.29, 0.717) is 23.6 Å². The maximum atomic E-state index is 14.6. The maximum Gasteiger partial charge on any atom is 0.136 e. The zero-order valence-electron chi connectivity index (χ0n) is 13.6. The van der Waals surface area contributed by atoms with Crippen molar-refractivity contribution >= 4 is 26.8 Å². The van der Waals surface area contributed by atoms with Gasteiger partial charge in [0.25, 0.3) is 0 Å². The number of hydrogen-bond donors (Lipinski definition) is 1. The first-order valence-electron chi connectivity index (χ1n) is 7.79. The summed E-state index contributed by atoms with van der Waals surface area (Å²) in [6.45, 7) is 1.43. The molecule has 0 radical (unpaired) electrons. The number of rotatable bonds is 6. The van der Waals surface area contributed by atoms with Crippen molar-refractivity contribution in [2.24, 2.45) is 7.05 Å². The van der Waals surface area contributed by atoms with Crippen molar-refractivity contribution < 1.29 is 9.13 Å². The van der Waals surface area contributed by atoms with Crippen LogP contribution in [-0.2, 0) is 7.05 Å². The van der Waals surface area contributed by atoms with Gasteiger partial charge in [-0.2, -0.15) is 5.10 Å². The van der Waals surface area contributed by atoms with Gasteiger partial charge in [-0.25, -0.2) is 4.39 Å². The molecule has 24 heavy (non-hydrogen) atoms. The van der Waals surface area contributed by atoms with E-state index < -0.39 is 0 Å². The molecule has 0 amide bonds. The minimum Gasteiger partial charge on any atom is -0.493 e. The van der Waals surface area contributed by atoms with Gasteiger partial charge in [-0.05, 0) is 50.3 Å². The lowest BCUT2D eigenvalue weighted by Crippen LogP contribution is -2.11. The third kappa shape index (κ3) is 3.44. The van der Waals surface area contributed by atoms with Gasteiger partial charge < -0.3 is 10.1 Å². The molecule has 0 fully saturated rings. The Morgan fingerprint density at radius 2 is 2.08 bits per heavy atom. The first kappa shape index (κ1) is 16.9. The van der Waals surface area contributed by atoms with Crippen LogP contribution in [0.1, 0.15) is 6.42 Å². The summed E-state index contributed by atoms with van der Waals surface area (Å²) in [5.74, 6) is 0.208. The summed E-state index contributed by atoms with van der Waals surface area (Å²) in [6.07, 6.45) is 0.875. The summed E-state index contributed by atoms with van der Waals surface area (Å²) >= 11 is 3.45. The van der Waals surface area contributed by atoms with E-state index in [9.17, 15) is 4.39 Å². The Morgan fingerprint density at radius 3 is 2.83 bits per heavy atom. The van der Waals surface area contributed by atoms with Crippen LogP contribution in [0.3, 0.4) is 0 Å². The molecule has 3 aromatic rings. The highest BCUT2D eigenvalue weighted by Crippen LogP contribution is 2.32. The molecule has 0 unspecified atom stereocenters. The monoisotopic (exact) mass is 391 g/mol. The minimum absolute atomic E-state index is 0.330. The Hall–Kier alpha value is -1.92. The molecule has 1 heterocycles. The smallest absolute Gasteiger partial charge is 0.136 e. The van der Waals surface area contributed by atoms with Crippen molar-refractivity contribution in [2.75, 3.05) is 20.2 Å². The van der Waals surface area contributed by atoms with Crippen LogP contribution in [0.15, 0.2) is 40.9 Å². The SMILES string of the molecule is CNCCCOc1ccc(-c2nn(C)c3cc(Br)ccc23)c(F)c1. The summed E-state index contributed by atoms with van der Waals surface area (Å²) in [7, 11) is 3.75. The van der Waals surface area contributed by atoms with Crippen LogP contribution in [0.5, 0.6) is 5.75 Å². The van der Waals surface area contributed by atoms with Gasteiger partial charge in [0, 0.05) is 28.5 Å². The fourth-order valence-electron chi connectivity index (χ4n) is 2.65. The number of ether oxygens (including phenoxy) is 1. The molecule has 3 rings (SSSR count). The van der Waals surface area contributed by atoms with E-state index in [1.807, 2.05) is 32.3 Å². The van der Waals surface area contributed by atoms with Crippen molar-refractivity contribution in [2.45, 2.75) is 6.42 Å². The predicted octanol–water partition coefficient (Wildman–Crippen LogP) is 4.13. The third-order valence-corrected chi connectivity index (χ3v) is 4.34. The van der Waals surface area contributed by atoms with Gasteiger partial charge >= 0.3 is 0 Å². The molecule has 0 saturated carbocycles. The summed E-state index contributed by atoms with van der Waals surface area (Å²) in [5, 5.41) is 8.45. The molecule has 0 aliphatic rings. The van der Waals surface area contributed by atoms with Crippen molar-refractivity contribution in [1.29, 1.82) is 0 Å². The van der Waals surface area contributed by atoms with Gasteiger partial charge in [0.1, 0.15) is 17.3 Å². The highest BCUT2D eigenvalue weighted by atomic mass is 79.9. The summed E-state index contributed by atoms with van der Waals surface area (Å²) in [6, 6.07) is 10.8. The zero-order chi connectivity index (χ0) is 17.1. The number of halogens is 2. The molecule has 0 spiro atoms. The minimum atomic E-state index is -0.330. The number of benzene rings is 2. The second kappa shape index (κ2) is 7.32. The number of aryl methyl sites for hydroxylation is 1. The van der Waals surface area contributed by atoms with E-state index >= 15 is 0 Å². The summed E-state index contributed by atoms with van der Waals surface area (Å²) in [4.78, 5) is 0. The topological polar surface area (TPSA) is 39.1 Å².